The average molecular weight is 659 g/mol. The van der Waals surface area contributed by atoms with E-state index < -0.39 is 23.5 Å². The van der Waals surface area contributed by atoms with Crippen molar-refractivity contribution in [2.75, 3.05) is 22.9 Å². The molecule has 0 bridgehead atoms. The van der Waals surface area contributed by atoms with E-state index in [1.54, 1.807) is 4.90 Å². The third kappa shape index (κ3) is 8.35. The molecule has 0 spiro atoms. The summed E-state index contributed by atoms with van der Waals surface area (Å²) in [5.41, 5.74) is 0.0700. The molecular formula is C35H40F6N6. The second-order valence-corrected chi connectivity index (χ2v) is 13.3. The molecule has 3 aromatic rings. The van der Waals surface area contributed by atoms with Gasteiger partial charge in [0.05, 0.1) is 34.8 Å². The van der Waals surface area contributed by atoms with E-state index in [9.17, 15) is 31.6 Å². The van der Waals surface area contributed by atoms with E-state index in [0.29, 0.717) is 11.8 Å². The van der Waals surface area contributed by atoms with Crippen LogP contribution in [0.1, 0.15) is 98.9 Å². The smallest absolute Gasteiger partial charge is 0.356 e. The van der Waals surface area contributed by atoms with Gasteiger partial charge in [-0.1, -0.05) is 27.7 Å². The molecule has 0 saturated heterocycles. The number of hydrogen-bond donors (Lipinski definition) is 0. The summed E-state index contributed by atoms with van der Waals surface area (Å²) in [6.45, 7) is 9.82. The number of aryl methyl sites for hydroxylation is 1. The molecule has 6 rings (SSSR count). The highest BCUT2D eigenvalue weighted by atomic mass is 19.4. The van der Waals surface area contributed by atoms with Crippen molar-refractivity contribution in [3.05, 3.63) is 75.7 Å². The number of fused-ring (bicyclic) bond motifs is 1. The van der Waals surface area contributed by atoms with Crippen LogP contribution in [0, 0.1) is 23.2 Å². The van der Waals surface area contributed by atoms with Gasteiger partial charge in [0.15, 0.2) is 0 Å². The number of anilines is 2. The number of alkyl halides is 6. The van der Waals surface area contributed by atoms with Crippen molar-refractivity contribution in [3.8, 4) is 6.07 Å². The van der Waals surface area contributed by atoms with Crippen LogP contribution in [-0.4, -0.2) is 28.0 Å². The first-order valence-electron chi connectivity index (χ1n) is 16.2. The van der Waals surface area contributed by atoms with E-state index in [2.05, 4.69) is 34.8 Å². The van der Waals surface area contributed by atoms with Crippen molar-refractivity contribution in [1.82, 2.24) is 15.0 Å². The lowest BCUT2D eigenvalue weighted by Gasteiger charge is -2.31. The first-order valence-corrected chi connectivity index (χ1v) is 16.2. The average Bonchev–Trinajstić information content (AvgIpc) is 3.97. The Morgan fingerprint density at radius 2 is 1.38 bits per heavy atom. The Kier molecular flexibility index (Phi) is 9.76. The van der Waals surface area contributed by atoms with Gasteiger partial charge in [0.2, 0.25) is 5.95 Å². The molecule has 47 heavy (non-hydrogen) atoms. The molecule has 252 valence electrons. The maximum atomic E-state index is 13.7. The van der Waals surface area contributed by atoms with Gasteiger partial charge in [0, 0.05) is 37.2 Å². The van der Waals surface area contributed by atoms with Crippen LogP contribution in [0.2, 0.25) is 0 Å². The third-order valence-corrected chi connectivity index (χ3v) is 8.90. The Balaban J connectivity index is 0.00000213. The van der Waals surface area contributed by atoms with Crippen molar-refractivity contribution >= 4 is 11.8 Å². The molecule has 2 fully saturated rings. The van der Waals surface area contributed by atoms with E-state index in [1.165, 1.54) is 12.4 Å². The van der Waals surface area contributed by atoms with Crippen molar-refractivity contribution < 1.29 is 26.3 Å². The van der Waals surface area contributed by atoms with Gasteiger partial charge in [0.1, 0.15) is 11.9 Å². The van der Waals surface area contributed by atoms with Crippen LogP contribution in [0.5, 0.6) is 0 Å². The fourth-order valence-corrected chi connectivity index (χ4v) is 6.07. The number of benzene rings is 1. The Hall–Kier alpha value is -3.88. The zero-order valence-corrected chi connectivity index (χ0v) is 27.1. The molecule has 0 radical (unpaired) electrons. The van der Waals surface area contributed by atoms with Crippen LogP contribution in [0.4, 0.5) is 38.1 Å². The SMILES string of the molecule is CC.CC1(C)CCc2cc(CN(Cc3cc(C(F)(F)F)cc(C(F)(F)F)c3)c3ncc(C#N)cn3)c(N(CC3CC3)CC3CC3)nc21. The number of pyridine rings is 1. The van der Waals surface area contributed by atoms with Crippen LogP contribution >= 0.6 is 0 Å². The molecule has 0 atom stereocenters. The summed E-state index contributed by atoms with van der Waals surface area (Å²) in [4.78, 5) is 17.7. The van der Waals surface area contributed by atoms with Gasteiger partial charge in [-0.15, -0.1) is 0 Å². The maximum Gasteiger partial charge on any atom is 0.416 e. The molecule has 1 aromatic carbocycles. The van der Waals surface area contributed by atoms with Gasteiger partial charge in [0.25, 0.3) is 0 Å². The van der Waals surface area contributed by atoms with Gasteiger partial charge >= 0.3 is 12.4 Å². The maximum absolute atomic E-state index is 13.7. The number of nitrogens with zero attached hydrogens (tertiary/aromatic N) is 6. The number of rotatable bonds is 10. The zero-order chi connectivity index (χ0) is 34.1. The minimum Gasteiger partial charge on any atom is -0.356 e. The van der Waals surface area contributed by atoms with Crippen molar-refractivity contribution in [2.45, 2.75) is 97.1 Å². The molecule has 12 heteroatoms. The van der Waals surface area contributed by atoms with Gasteiger partial charge < -0.3 is 9.80 Å². The highest BCUT2D eigenvalue weighted by Gasteiger charge is 2.38. The summed E-state index contributed by atoms with van der Waals surface area (Å²) in [5, 5.41) is 9.26. The third-order valence-electron chi connectivity index (χ3n) is 8.90. The largest absolute Gasteiger partial charge is 0.416 e. The van der Waals surface area contributed by atoms with Crippen LogP contribution in [-0.2, 0) is 37.3 Å². The fraction of sp³-hybridized carbons (Fsp3) is 0.543. The monoisotopic (exact) mass is 658 g/mol. The minimum atomic E-state index is -4.97. The first-order chi connectivity index (χ1) is 22.2. The highest BCUT2D eigenvalue weighted by Crippen LogP contribution is 2.42. The topological polar surface area (TPSA) is 68.9 Å². The normalized spacial score (nSPS) is 17.0. The number of halogens is 6. The molecule has 3 aliphatic rings. The van der Waals surface area contributed by atoms with E-state index in [1.807, 2.05) is 19.9 Å². The quantitative estimate of drug-likeness (QED) is 0.203. The molecule has 0 amide bonds. The molecule has 2 saturated carbocycles. The molecule has 2 aromatic heterocycles. The second kappa shape index (κ2) is 13.3. The number of nitriles is 1. The van der Waals surface area contributed by atoms with Crippen molar-refractivity contribution in [1.29, 1.82) is 5.26 Å². The number of hydrogen-bond acceptors (Lipinski definition) is 6. The lowest BCUT2D eigenvalue weighted by atomic mass is 9.90. The van der Waals surface area contributed by atoms with Crippen LogP contribution in [0.25, 0.3) is 0 Å². The second-order valence-electron chi connectivity index (χ2n) is 13.3. The minimum absolute atomic E-state index is 0.0858. The fourth-order valence-electron chi connectivity index (χ4n) is 6.07. The Labute approximate surface area is 271 Å². The van der Waals surface area contributed by atoms with Crippen molar-refractivity contribution in [2.24, 2.45) is 11.8 Å². The summed E-state index contributed by atoms with van der Waals surface area (Å²) in [6, 6.07) is 5.65. The first kappa shape index (κ1) is 34.5. The summed E-state index contributed by atoms with van der Waals surface area (Å²) >= 11 is 0. The van der Waals surface area contributed by atoms with Crippen LogP contribution < -0.4 is 9.80 Å². The summed E-state index contributed by atoms with van der Waals surface area (Å²) in [7, 11) is 0. The van der Waals surface area contributed by atoms with Gasteiger partial charge in [-0.3, -0.25) is 0 Å². The van der Waals surface area contributed by atoms with E-state index in [0.717, 1.165) is 86.4 Å². The van der Waals surface area contributed by atoms with E-state index in [-0.39, 0.29) is 41.6 Å². The lowest BCUT2D eigenvalue weighted by molar-refractivity contribution is -0.143. The lowest BCUT2D eigenvalue weighted by Crippen LogP contribution is -2.33. The van der Waals surface area contributed by atoms with Crippen LogP contribution in [0.15, 0.2) is 36.7 Å². The van der Waals surface area contributed by atoms with Gasteiger partial charge in [-0.05, 0) is 85.8 Å². The molecule has 0 unspecified atom stereocenters. The summed E-state index contributed by atoms with van der Waals surface area (Å²) in [6.07, 6.45) is -1.02. The van der Waals surface area contributed by atoms with Gasteiger partial charge in [-0.25, -0.2) is 15.0 Å². The Bertz CT molecular complexity index is 1550. The Morgan fingerprint density at radius 3 is 1.87 bits per heavy atom. The summed E-state index contributed by atoms with van der Waals surface area (Å²) in [5.74, 6) is 2.04. The molecule has 2 heterocycles. The van der Waals surface area contributed by atoms with E-state index in [4.69, 9.17) is 4.98 Å². The Morgan fingerprint density at radius 1 is 0.830 bits per heavy atom. The van der Waals surface area contributed by atoms with E-state index >= 15 is 0 Å². The van der Waals surface area contributed by atoms with Crippen LogP contribution in [0.3, 0.4) is 0 Å². The number of aromatic nitrogens is 3. The predicted molar refractivity (Wildman–Crippen MR) is 168 cm³/mol. The zero-order valence-electron chi connectivity index (χ0n) is 27.1. The van der Waals surface area contributed by atoms with Gasteiger partial charge in [-0.2, -0.15) is 31.6 Å². The molecule has 0 aliphatic heterocycles. The molecule has 6 nitrogen and oxygen atoms in total. The molecular weight excluding hydrogens is 618 g/mol. The van der Waals surface area contributed by atoms with Crippen molar-refractivity contribution in [3.63, 3.8) is 0 Å². The molecule has 0 N–H and O–H groups in total. The standard InChI is InChI=1S/C33H34F6N6.C2H6/c1-31(2)8-7-24-11-25(29(43-28(24)31)44(16-20-3-4-20)17-21-5-6-21)19-45(30-41-14-23(13-40)15-42-30)18-22-9-26(32(34,35)36)12-27(10-22)33(37,38)39;1-2/h9-12,14-15,20-21H,3-8,16-19H2,1-2H3;1-2H3. The highest BCUT2D eigenvalue weighted by molar-refractivity contribution is 5.55. The predicted octanol–water partition coefficient (Wildman–Crippen LogP) is 8.86. The molecule has 3 aliphatic carbocycles. The summed E-state index contributed by atoms with van der Waals surface area (Å²) < 4.78 is 82.4.